The van der Waals surface area contributed by atoms with Gasteiger partial charge in [-0.2, -0.15) is 0 Å². The fourth-order valence-electron chi connectivity index (χ4n) is 1.53. The van der Waals surface area contributed by atoms with Crippen molar-refractivity contribution >= 4 is 28.7 Å². The zero-order chi connectivity index (χ0) is 12.2. The van der Waals surface area contributed by atoms with Crippen molar-refractivity contribution in [3.63, 3.8) is 0 Å². The Labute approximate surface area is 109 Å². The van der Waals surface area contributed by atoms with Gasteiger partial charge in [0.1, 0.15) is 0 Å². The molecule has 0 bridgehead atoms. The van der Waals surface area contributed by atoms with Crippen LogP contribution in [-0.2, 0) is 6.42 Å². The third-order valence-corrected chi connectivity index (χ3v) is 3.03. The lowest BCUT2D eigenvalue weighted by atomic mass is 9.86. The maximum absolute atomic E-state index is 10.4. The van der Waals surface area contributed by atoms with Gasteiger partial charge in [0.05, 0.1) is 0 Å². The number of carboxylic acid groups (broad SMARTS) is 1. The highest BCUT2D eigenvalue weighted by molar-refractivity contribution is 14.1. The highest BCUT2D eigenvalue weighted by atomic mass is 127. The number of rotatable bonds is 4. The first kappa shape index (κ1) is 13.3. The van der Waals surface area contributed by atoms with Gasteiger partial charge in [0.15, 0.2) is 0 Å². The van der Waals surface area contributed by atoms with Crippen molar-refractivity contribution in [3.8, 4) is 0 Å². The maximum atomic E-state index is 10.4. The van der Waals surface area contributed by atoms with E-state index in [2.05, 4.69) is 66.0 Å². The van der Waals surface area contributed by atoms with Crippen molar-refractivity contribution in [1.29, 1.82) is 0 Å². The second kappa shape index (κ2) is 5.52. The number of halogens is 1. The molecule has 1 aromatic rings. The van der Waals surface area contributed by atoms with Crippen LogP contribution in [-0.4, -0.2) is 17.7 Å². The minimum atomic E-state index is -0.962. The average Bonchev–Trinajstić information content (AvgIpc) is 2.19. The number of nitrogens with one attached hydrogen (secondary N) is 1. The smallest absolute Gasteiger partial charge is 0.404 e. The molecule has 3 nitrogen and oxygen atoms in total. The minimum absolute atomic E-state index is 0.0643. The predicted octanol–water partition coefficient (Wildman–Crippen LogP) is 3.13. The summed E-state index contributed by atoms with van der Waals surface area (Å²) in [7, 11) is 0. The van der Waals surface area contributed by atoms with Crippen molar-refractivity contribution in [2.24, 2.45) is 5.41 Å². The summed E-state index contributed by atoms with van der Waals surface area (Å²) in [5.74, 6) is 0. The zero-order valence-electron chi connectivity index (χ0n) is 9.46. The van der Waals surface area contributed by atoms with Crippen LogP contribution in [0.25, 0.3) is 0 Å². The molecule has 1 rings (SSSR count). The Bertz CT molecular complexity index is 360. The molecule has 0 heterocycles. The van der Waals surface area contributed by atoms with E-state index in [9.17, 15) is 4.79 Å². The van der Waals surface area contributed by atoms with Gasteiger partial charge < -0.3 is 10.4 Å². The van der Waals surface area contributed by atoms with Gasteiger partial charge in [-0.1, -0.05) is 26.0 Å². The second-order valence-corrected chi connectivity index (χ2v) is 5.87. The average molecular weight is 333 g/mol. The third-order valence-electron chi connectivity index (χ3n) is 2.31. The molecule has 0 saturated carbocycles. The molecular formula is C12H16INO2. The van der Waals surface area contributed by atoms with Gasteiger partial charge in [0.25, 0.3) is 0 Å². The number of hydrogen-bond acceptors (Lipinski definition) is 1. The van der Waals surface area contributed by atoms with Gasteiger partial charge >= 0.3 is 6.09 Å². The molecule has 1 amide bonds. The first-order valence-electron chi connectivity index (χ1n) is 5.10. The quantitative estimate of drug-likeness (QED) is 0.832. The van der Waals surface area contributed by atoms with E-state index >= 15 is 0 Å². The maximum Gasteiger partial charge on any atom is 0.404 e. The Morgan fingerprint density at radius 2 is 1.94 bits per heavy atom. The molecule has 0 atom stereocenters. The summed E-state index contributed by atoms with van der Waals surface area (Å²) >= 11 is 2.27. The number of hydrogen-bond donors (Lipinski definition) is 2. The fourth-order valence-corrected chi connectivity index (χ4v) is 1.89. The van der Waals surface area contributed by atoms with Crippen molar-refractivity contribution in [2.75, 3.05) is 6.54 Å². The largest absolute Gasteiger partial charge is 0.465 e. The van der Waals surface area contributed by atoms with E-state index in [1.165, 1.54) is 9.13 Å². The first-order chi connectivity index (χ1) is 7.39. The zero-order valence-corrected chi connectivity index (χ0v) is 11.6. The van der Waals surface area contributed by atoms with Crippen molar-refractivity contribution in [3.05, 3.63) is 33.4 Å². The normalized spacial score (nSPS) is 11.2. The molecule has 0 aromatic heterocycles. The van der Waals surface area contributed by atoms with E-state index < -0.39 is 6.09 Å². The Morgan fingerprint density at radius 1 is 1.38 bits per heavy atom. The van der Waals surface area contributed by atoms with Crippen molar-refractivity contribution in [1.82, 2.24) is 5.32 Å². The highest BCUT2D eigenvalue weighted by Gasteiger charge is 2.19. The molecule has 0 aliphatic heterocycles. The second-order valence-electron chi connectivity index (χ2n) is 4.63. The number of carbonyl (C=O) groups is 1. The van der Waals surface area contributed by atoms with E-state index in [1.807, 2.05) is 0 Å². The molecule has 0 unspecified atom stereocenters. The van der Waals surface area contributed by atoms with Gasteiger partial charge in [-0.15, -0.1) is 0 Å². The van der Waals surface area contributed by atoms with Gasteiger partial charge in [-0.05, 0) is 52.1 Å². The lowest BCUT2D eigenvalue weighted by Gasteiger charge is -2.24. The summed E-state index contributed by atoms with van der Waals surface area (Å²) in [6, 6.07) is 8.31. The monoisotopic (exact) mass is 333 g/mol. The lowest BCUT2D eigenvalue weighted by Crippen LogP contribution is -2.34. The van der Waals surface area contributed by atoms with Gasteiger partial charge in [-0.25, -0.2) is 4.79 Å². The Balaban J connectivity index is 2.57. The number of amides is 1. The molecular weight excluding hydrogens is 317 g/mol. The lowest BCUT2D eigenvalue weighted by molar-refractivity contribution is 0.187. The van der Waals surface area contributed by atoms with Crippen molar-refractivity contribution < 1.29 is 9.90 Å². The van der Waals surface area contributed by atoms with E-state index in [1.54, 1.807) is 0 Å². The first-order valence-corrected chi connectivity index (χ1v) is 6.18. The van der Waals surface area contributed by atoms with Crippen LogP contribution in [0.2, 0.25) is 0 Å². The van der Waals surface area contributed by atoms with Crippen LogP contribution in [0.15, 0.2) is 24.3 Å². The van der Waals surface area contributed by atoms with Crippen LogP contribution in [0.4, 0.5) is 4.79 Å². The van der Waals surface area contributed by atoms with Crippen LogP contribution in [0, 0.1) is 8.99 Å². The van der Waals surface area contributed by atoms with E-state index in [0.717, 1.165) is 6.42 Å². The molecule has 0 fully saturated rings. The molecule has 0 aliphatic rings. The molecule has 1 aromatic carbocycles. The van der Waals surface area contributed by atoms with E-state index in [4.69, 9.17) is 5.11 Å². The topological polar surface area (TPSA) is 49.3 Å². The molecule has 88 valence electrons. The summed E-state index contributed by atoms with van der Waals surface area (Å²) < 4.78 is 1.21. The van der Waals surface area contributed by atoms with Gasteiger partial charge in [-0.3, -0.25) is 0 Å². The molecule has 0 radical (unpaired) electrons. The van der Waals surface area contributed by atoms with Crippen LogP contribution < -0.4 is 5.32 Å². The van der Waals surface area contributed by atoms with E-state index in [0.29, 0.717) is 6.54 Å². The Morgan fingerprint density at radius 3 is 2.44 bits per heavy atom. The van der Waals surface area contributed by atoms with Crippen LogP contribution in [0.1, 0.15) is 19.4 Å². The summed E-state index contributed by atoms with van der Waals surface area (Å²) in [5.41, 5.74) is 1.17. The number of benzene rings is 1. The predicted molar refractivity (Wildman–Crippen MR) is 72.7 cm³/mol. The summed E-state index contributed by atoms with van der Waals surface area (Å²) in [6.45, 7) is 4.58. The van der Waals surface area contributed by atoms with Crippen LogP contribution in [0.5, 0.6) is 0 Å². The molecule has 0 aliphatic carbocycles. The Kier molecular flexibility index (Phi) is 4.58. The molecule has 4 heteroatoms. The van der Waals surface area contributed by atoms with Crippen LogP contribution >= 0.6 is 22.6 Å². The SMILES string of the molecule is CC(C)(CNC(=O)O)Cc1ccc(I)cc1. The van der Waals surface area contributed by atoms with Crippen LogP contribution in [0.3, 0.4) is 0 Å². The van der Waals surface area contributed by atoms with Crippen molar-refractivity contribution in [2.45, 2.75) is 20.3 Å². The van der Waals surface area contributed by atoms with Gasteiger partial charge in [0.2, 0.25) is 0 Å². The molecule has 0 saturated heterocycles. The summed E-state index contributed by atoms with van der Waals surface area (Å²) in [4.78, 5) is 10.4. The minimum Gasteiger partial charge on any atom is -0.465 e. The highest BCUT2D eigenvalue weighted by Crippen LogP contribution is 2.21. The Hall–Kier alpha value is -0.780. The molecule has 2 N–H and O–H groups in total. The standard InChI is InChI=1S/C12H16INO2/c1-12(2,8-14-11(15)16)7-9-3-5-10(13)6-4-9/h3-6,14H,7-8H2,1-2H3,(H,15,16). The summed E-state index contributed by atoms with van der Waals surface area (Å²) in [6.07, 6.45) is -0.0971. The third kappa shape index (κ3) is 4.83. The fraction of sp³-hybridized carbons (Fsp3) is 0.417. The molecule has 16 heavy (non-hydrogen) atoms. The van der Waals surface area contributed by atoms with E-state index in [-0.39, 0.29) is 5.41 Å². The molecule has 0 spiro atoms. The summed E-state index contributed by atoms with van der Waals surface area (Å²) in [5, 5.41) is 11.0. The van der Waals surface area contributed by atoms with Gasteiger partial charge in [0, 0.05) is 10.1 Å².